The number of ether oxygens (including phenoxy) is 7. The summed E-state index contributed by atoms with van der Waals surface area (Å²) in [4.78, 5) is 75.1. The molecule has 33 heteroatoms. The molecule has 31 nitrogen and oxygen atoms in total. The number of nitrogens with two attached hydrogens (primary N) is 2. The highest BCUT2D eigenvalue weighted by Gasteiger charge is 2.55. The second kappa shape index (κ2) is 35.7. The van der Waals surface area contributed by atoms with Gasteiger partial charge in [0.25, 0.3) is 5.91 Å². The van der Waals surface area contributed by atoms with E-state index in [4.69, 9.17) is 44.7 Å². The number of nitrogens with zero attached hydrogens (tertiary/aromatic N) is 5. The van der Waals surface area contributed by atoms with Gasteiger partial charge in [0.1, 0.15) is 83.8 Å². The van der Waals surface area contributed by atoms with Crippen LogP contribution in [0.15, 0.2) is 70.0 Å². The number of halogens is 2. The number of amides is 4. The molecule has 0 aromatic heterocycles. The molecule has 14 unspecified atom stereocenters. The first kappa shape index (κ1) is 77.8. The summed E-state index contributed by atoms with van der Waals surface area (Å²) in [6.45, 7) is 2.91. The van der Waals surface area contributed by atoms with Crippen LogP contribution in [0.2, 0.25) is 0 Å². The first-order chi connectivity index (χ1) is 47.9. The van der Waals surface area contributed by atoms with Crippen molar-refractivity contribution in [3.63, 3.8) is 0 Å². The molecular weight excluding hydrogens is 1320 g/mol. The molecule has 0 spiro atoms. The van der Waals surface area contributed by atoms with Gasteiger partial charge in [0.2, 0.25) is 17.7 Å². The molecule has 7 fully saturated rings. The number of hydrazone groups is 1. The molecule has 4 amide bonds. The normalized spacial score (nSPS) is 34.7. The maximum absolute atomic E-state index is 14.6. The van der Waals surface area contributed by atoms with Gasteiger partial charge in [0.15, 0.2) is 18.9 Å². The number of carbonyl (C=O) groups excluding carboxylic acids is 4. The zero-order valence-corrected chi connectivity index (χ0v) is 56.3. The smallest absolute Gasteiger partial charge is 0.251 e. The molecule has 9 rings (SSSR count). The lowest BCUT2D eigenvalue weighted by Gasteiger charge is -2.51. The number of likely N-dealkylation sites (tertiary alicyclic amines) is 1. The van der Waals surface area contributed by atoms with Crippen LogP contribution in [0.1, 0.15) is 115 Å². The van der Waals surface area contributed by atoms with Crippen LogP contribution in [0.25, 0.3) is 5.70 Å². The van der Waals surface area contributed by atoms with Crippen LogP contribution >= 0.6 is 0 Å². The van der Waals surface area contributed by atoms with Gasteiger partial charge in [-0.2, -0.15) is 10.0 Å². The van der Waals surface area contributed by atoms with E-state index in [1.165, 1.54) is 50.4 Å². The minimum Gasteiger partial charge on any atom is -0.397 e. The monoisotopic (exact) mass is 1420 g/mol. The highest BCUT2D eigenvalue weighted by atomic mass is 19.1. The molecular formula is C67H98F2N10O21. The number of aliphatic imine (C=N–C) groups is 1. The van der Waals surface area contributed by atoms with Crippen molar-refractivity contribution < 1.29 is 107 Å². The molecule has 7 aliphatic rings. The third-order valence-corrected chi connectivity index (χ3v) is 20.4. The number of aliphatic hydroxyl groups excluding tert-OH is 8. The third kappa shape index (κ3) is 18.9. The average Bonchev–Trinajstić information content (AvgIpc) is 0.773. The van der Waals surface area contributed by atoms with Crippen molar-refractivity contribution in [2.75, 3.05) is 46.0 Å². The van der Waals surface area contributed by atoms with Gasteiger partial charge >= 0.3 is 0 Å². The second-order valence-electron chi connectivity index (χ2n) is 27.4. The van der Waals surface area contributed by atoms with E-state index in [0.29, 0.717) is 31.0 Å². The van der Waals surface area contributed by atoms with Gasteiger partial charge in [-0.25, -0.2) is 8.78 Å². The number of hydrogen-bond acceptors (Lipinski definition) is 27. The van der Waals surface area contributed by atoms with Crippen molar-refractivity contribution >= 4 is 41.3 Å². The summed E-state index contributed by atoms with van der Waals surface area (Å²) >= 11 is 0. The molecule has 2 aromatic carbocycles. The number of hydrogen-bond donors (Lipinski definition) is 14. The number of benzene rings is 2. The fraction of sp³-hybridized carbons (Fsp3) is 0.701. The standard InChI is InChI=1S/C67H98F2N10O21/c1-4-37-22-40(27-48(60(37)99-66-59(88)58(87)55(84)34(2)94-66)97-64-53(75-35(3)83)50(28-67(32-81,33-82)100-64)95-49(63(91)78-19-10-20-78)21-36-11-6-5-7-12-36)61(89)72-17-18-73-62(90)41-25-45(74-29-46(76-71)39-14-9-16-43(69)24-39)56(85)47(26-41)96-65-57(86)54(52(77-92)51(31-80)98-65)79(93)30-44(70)38-13-8-15-42(68)23-38/h8-9,13-16,23-24,29-30,34,36-37,40-41,45,47-60,64-66,80-82,84-88,93H,4-7,10-12,17-22,25-28,31-33,70-71H2,1-3H3,(H,72,89)(H,73,90)(H,75,83)/b44-30-,74-29?,76-46?/t34-,37?,40?,41?,45?,47-,48-,49-,50?,51?,52+,53?,54?,55?,56?,57?,58?,59+,60?,64-,65-,66?/m0/s1. The Balaban J connectivity index is 0.933. The first-order valence-corrected chi connectivity index (χ1v) is 34.5. The molecule has 0 bridgehead atoms. The summed E-state index contributed by atoms with van der Waals surface area (Å²) in [5.74, 6) is 0.174. The SMILES string of the molecule is CCC1CC(C(=O)NCCNC(=O)C2CC(N=CC(=NN)c3cccc(F)c3)C(O)[C@@H](O[C@H]3OC(CO)[C@@H](N=O)C(N(O)/C=C(\N)c4cccc(F)c4)C3O)C2)C[C@H](O[C@H]2OC(CO)(CO)CC(O[C@@H](CC3CCCCC3)C(=O)N3CCC3)C2NC(C)=O)C1OC1O[C@@H](C)C(O)C(O)[C@H]1O. The summed E-state index contributed by atoms with van der Waals surface area (Å²) < 4.78 is 73.4. The number of nitrogens with one attached hydrogen (secondary N) is 3. The molecule has 3 aliphatic carbocycles. The predicted octanol–water partition coefficient (Wildman–Crippen LogP) is -0.349. The lowest BCUT2D eigenvalue weighted by molar-refractivity contribution is -0.342. The first-order valence-electron chi connectivity index (χ1n) is 34.5. The zero-order valence-electron chi connectivity index (χ0n) is 56.3. The lowest BCUT2D eigenvalue weighted by atomic mass is 9.75. The number of rotatable bonds is 28. The van der Waals surface area contributed by atoms with Gasteiger partial charge in [0.05, 0.1) is 68.3 Å². The molecule has 4 aliphatic heterocycles. The van der Waals surface area contributed by atoms with E-state index in [0.717, 1.165) is 62.9 Å². The molecule has 22 atom stereocenters. The Hall–Kier alpha value is -6.38. The Labute approximate surface area is 577 Å². The molecule has 3 saturated carbocycles. The van der Waals surface area contributed by atoms with Crippen LogP contribution in [0.5, 0.6) is 0 Å². The van der Waals surface area contributed by atoms with Crippen LogP contribution in [-0.2, 0) is 52.3 Å². The third-order valence-electron chi connectivity index (χ3n) is 20.4. The van der Waals surface area contributed by atoms with E-state index in [1.54, 1.807) is 4.90 Å². The minimum absolute atomic E-state index is 0.0197. The van der Waals surface area contributed by atoms with Crippen molar-refractivity contribution in [2.45, 2.75) is 226 Å². The molecule has 4 heterocycles. The summed E-state index contributed by atoms with van der Waals surface area (Å²) in [5, 5.41) is 116. The summed E-state index contributed by atoms with van der Waals surface area (Å²) in [7, 11) is 0. The predicted molar refractivity (Wildman–Crippen MR) is 350 cm³/mol. The molecule has 2 aromatic rings. The number of carbonyl (C=O) groups is 4. The van der Waals surface area contributed by atoms with Crippen LogP contribution in [0.3, 0.4) is 0 Å². The van der Waals surface area contributed by atoms with Gasteiger partial charge in [-0.05, 0) is 81.5 Å². The van der Waals surface area contributed by atoms with Crippen molar-refractivity contribution in [3.05, 3.63) is 82.4 Å². The summed E-state index contributed by atoms with van der Waals surface area (Å²) in [5.41, 5.74) is 4.51. The number of hydroxylamine groups is 2. The van der Waals surface area contributed by atoms with E-state index in [1.807, 2.05) is 6.92 Å². The van der Waals surface area contributed by atoms with Gasteiger partial charge < -0.3 is 106 Å². The van der Waals surface area contributed by atoms with E-state index < -0.39 is 189 Å². The van der Waals surface area contributed by atoms with E-state index in [9.17, 15) is 78.9 Å². The fourth-order valence-electron chi connectivity index (χ4n) is 14.7. The Morgan fingerprint density at radius 1 is 0.790 bits per heavy atom. The summed E-state index contributed by atoms with van der Waals surface area (Å²) in [6, 6.07) is 4.43. The number of aliphatic hydroxyl groups is 8. The highest BCUT2D eigenvalue weighted by Crippen LogP contribution is 2.42. The van der Waals surface area contributed by atoms with E-state index >= 15 is 0 Å². The van der Waals surface area contributed by atoms with E-state index in [-0.39, 0.29) is 79.6 Å². The Bertz CT molecular complexity index is 3150. The van der Waals surface area contributed by atoms with Gasteiger partial charge in [-0.3, -0.25) is 34.4 Å². The van der Waals surface area contributed by atoms with Gasteiger partial charge in [-0.1, -0.05) is 74.9 Å². The van der Waals surface area contributed by atoms with Crippen molar-refractivity contribution in [1.29, 1.82) is 0 Å². The molecule has 100 heavy (non-hydrogen) atoms. The minimum atomic E-state index is -2.00. The molecule has 16 N–H and O–H groups in total. The Morgan fingerprint density at radius 2 is 1.42 bits per heavy atom. The highest BCUT2D eigenvalue weighted by molar-refractivity contribution is 6.38. The van der Waals surface area contributed by atoms with Crippen molar-refractivity contribution in [3.8, 4) is 0 Å². The van der Waals surface area contributed by atoms with Crippen LogP contribution in [-0.4, -0.2) is 259 Å². The topological polar surface area (TPSA) is 464 Å². The summed E-state index contributed by atoms with van der Waals surface area (Å²) in [6.07, 6.45) is -14.1. The molecule has 4 saturated heterocycles. The average molecular weight is 1420 g/mol. The van der Waals surface area contributed by atoms with Crippen LogP contribution < -0.4 is 27.5 Å². The maximum atomic E-state index is 14.6. The number of nitroso groups, excluding NO2 is 1. The quantitative estimate of drug-likeness (QED) is 0.0170. The fourth-order valence-corrected chi connectivity index (χ4v) is 14.7. The molecule has 0 radical (unpaired) electrons. The molecule has 556 valence electrons. The van der Waals surface area contributed by atoms with Gasteiger partial charge in [0, 0.05) is 68.7 Å². The van der Waals surface area contributed by atoms with Crippen LogP contribution in [0, 0.1) is 40.2 Å². The Morgan fingerprint density at radius 3 is 2.02 bits per heavy atom. The second-order valence-corrected chi connectivity index (χ2v) is 27.4. The van der Waals surface area contributed by atoms with Crippen LogP contribution in [0.4, 0.5) is 8.78 Å². The Kier molecular flexibility index (Phi) is 27.7. The van der Waals surface area contributed by atoms with Crippen molar-refractivity contribution in [1.82, 2.24) is 25.9 Å². The van der Waals surface area contributed by atoms with Gasteiger partial charge in [-0.15, -0.1) is 0 Å². The van der Waals surface area contributed by atoms with Crippen molar-refractivity contribution in [2.24, 2.45) is 50.5 Å². The van der Waals surface area contributed by atoms with E-state index in [2.05, 4.69) is 31.2 Å². The lowest BCUT2D eigenvalue weighted by Crippen LogP contribution is -2.66. The largest absolute Gasteiger partial charge is 0.397 e. The zero-order chi connectivity index (χ0) is 72.1. The maximum Gasteiger partial charge on any atom is 0.251 e.